The maximum Gasteiger partial charge on any atom is 1.00 e. The molecule has 0 aromatic heterocycles. The number of carboxylic acids is 1. The number of aliphatic carboxylic acids is 1. The van der Waals surface area contributed by atoms with Gasteiger partial charge in [-0.2, -0.15) is 10.5 Å². The Hall–Kier alpha value is -7.38. The van der Waals surface area contributed by atoms with Crippen LogP contribution in [-0.4, -0.2) is 191 Å². The zero-order valence-electron chi connectivity index (χ0n) is 74.8. The van der Waals surface area contributed by atoms with Gasteiger partial charge in [-0.3, -0.25) is 19.3 Å². The standard InChI is InChI=1S/C24H30N2O2.C20H22ClNO.C20H22N2.C20H23NO2.C14H11N.C6H12ClN.CH4.Cl2OS.H2N.2Na.H2O/c1-2-26-19-22(13-14-25-15-17-28-18-16-25)24(23(26)27,20-9-5-3-6-10-20)21-11-7-4-8-12-21;1-2-22-15-18(13-14-21)20(19(22)23,16-9-5-3-6-10-16)17-11-7-4-8-12-17;1-2-22-14-13-19(15-22)20(16-21,17-9-5-3-6-10-17)18-11-7-4-8-12-18;1-2-21-14-13-18(15-21)20(19(22)23,16-9-5-3-6-10-16)17-11-7-4-8-12-17;15-11-14(12-7-3-1-4-8-12)13-9-5-2-6-10-13;1-2-8-4-3-6(7)5-8;;1-4(2)3;;;;/h3-12,22H,2,13-19H2,1H3;3-12,18H,2,13-15H2,1H3;3-12,19H,2,13-15H2,1H3;3-12,18H,2,13-15H2,1H3,(H,22,23);1-10,14H;6H,2-5H2,1H3;1H4;;1H2;;;1H2/q;;;;;;;;-1;2*+1;/p-1. The van der Waals surface area contributed by atoms with Crippen molar-refractivity contribution in [1.29, 1.82) is 10.5 Å². The monoisotopic (exact) mass is 1840 g/mol. The van der Waals surface area contributed by atoms with Gasteiger partial charge in [0.05, 0.1) is 31.3 Å². The number of benzene rings is 10. The van der Waals surface area contributed by atoms with Crippen molar-refractivity contribution >= 4 is 71.6 Å². The van der Waals surface area contributed by atoms with E-state index in [4.69, 9.17) is 32.1 Å². The number of carbonyl (C=O) groups excluding carboxylic acids is 2. The van der Waals surface area contributed by atoms with Gasteiger partial charge in [-0.05, 0) is 159 Å². The summed E-state index contributed by atoms with van der Waals surface area (Å²) in [6, 6.07) is 106. The molecule has 6 saturated heterocycles. The van der Waals surface area contributed by atoms with Gasteiger partial charge in [0, 0.05) is 103 Å². The molecule has 10 aromatic rings. The summed E-state index contributed by atoms with van der Waals surface area (Å²) in [5, 5.41) is 30.2. The maximum absolute atomic E-state index is 13.8. The number of carboxylic acid groups (broad SMARTS) is 1. The minimum Gasteiger partial charge on any atom is -0.870 e. The van der Waals surface area contributed by atoms with E-state index in [2.05, 4.69) is 178 Å². The second-order valence-corrected chi connectivity index (χ2v) is 35.5. The SMILES string of the molecule is C.CCN1CC(CCCl)C(c2ccccc2)(c2ccccc2)C1=O.CCN1CC(CCN2CCOCC2)C(c2ccccc2)(c2ccccc2)C1=O.CCN1CCC(C(C#N)(c2ccccc2)c2ccccc2)C1.CCN1CCC(C(C(=O)O)(c2ccccc2)c2ccccc2)C1.CCN1CCC(Cl)C1.N#CC(c1ccccc1)c1ccccc1.O=S(Cl)Cl.[NH2-].[Na+].[Na+].[OH-]. The first-order chi connectivity index (χ1) is 60.0. The number of nitrogens with two attached hydrogens (primary N) is 1. The first-order valence-electron chi connectivity index (χ1n) is 43.6. The van der Waals surface area contributed by atoms with Crippen molar-refractivity contribution in [3.05, 3.63) is 365 Å². The number of carbonyl (C=O) groups is 3. The number of amides is 2. The van der Waals surface area contributed by atoms with Crippen LogP contribution in [0.3, 0.4) is 0 Å². The molecule has 128 heavy (non-hydrogen) atoms. The van der Waals surface area contributed by atoms with Crippen molar-refractivity contribution < 1.29 is 93.0 Å². The molecular weight excluding hydrogens is 1720 g/mol. The molecule has 6 heterocycles. The summed E-state index contributed by atoms with van der Waals surface area (Å²) in [5.41, 5.74) is 7.73. The van der Waals surface area contributed by atoms with Gasteiger partial charge in [0.2, 0.25) is 21.0 Å². The fourth-order valence-corrected chi connectivity index (χ4v) is 19.8. The van der Waals surface area contributed by atoms with Gasteiger partial charge in [-0.25, -0.2) is 4.21 Å². The van der Waals surface area contributed by atoms with E-state index in [1.807, 2.05) is 223 Å². The van der Waals surface area contributed by atoms with Crippen LogP contribution in [0.1, 0.15) is 136 Å². The quantitative estimate of drug-likeness (QED) is 0.0357. The predicted molar refractivity (Wildman–Crippen MR) is 518 cm³/mol. The van der Waals surface area contributed by atoms with Crippen LogP contribution in [0.2, 0.25) is 0 Å². The van der Waals surface area contributed by atoms with E-state index >= 15 is 0 Å². The molecule has 5 unspecified atom stereocenters. The largest absolute Gasteiger partial charge is 1.00 e. The van der Waals surface area contributed by atoms with Gasteiger partial charge in [-0.1, -0.05) is 332 Å². The smallest absolute Gasteiger partial charge is 0.870 e. The van der Waals surface area contributed by atoms with Crippen molar-refractivity contribution in [3.63, 3.8) is 0 Å². The summed E-state index contributed by atoms with van der Waals surface area (Å²) in [6.45, 7) is 27.7. The molecule has 16 nitrogen and oxygen atoms in total. The average molecular weight is 1850 g/mol. The van der Waals surface area contributed by atoms with Crippen molar-refractivity contribution in [1.82, 2.24) is 29.4 Å². The number of nitriles is 2. The summed E-state index contributed by atoms with van der Waals surface area (Å²) < 4.78 is 14.6. The summed E-state index contributed by atoms with van der Waals surface area (Å²) in [6.07, 6.45) is 4.99. The predicted octanol–water partition coefficient (Wildman–Crippen LogP) is 15.4. The van der Waals surface area contributed by atoms with E-state index in [1.54, 1.807) is 0 Å². The number of ether oxygens (including phenoxy) is 1. The number of likely N-dealkylation sites (tertiary alicyclic amines) is 5. The first-order valence-corrected chi connectivity index (χ1v) is 47.3. The minimum absolute atomic E-state index is 0. The fraction of sp³-hybridized carbons (Fsp3) is 0.381. The second kappa shape index (κ2) is 57.1. The summed E-state index contributed by atoms with van der Waals surface area (Å²) >= 11 is 11.9. The molecule has 670 valence electrons. The summed E-state index contributed by atoms with van der Waals surface area (Å²) in [7, 11) is 7.36. The average Bonchev–Trinajstić information content (AvgIpc) is 1.64. The molecule has 5 atom stereocenters. The summed E-state index contributed by atoms with van der Waals surface area (Å²) in [4.78, 5) is 53.5. The van der Waals surface area contributed by atoms with Crippen molar-refractivity contribution in [2.75, 3.05) is 124 Å². The molecule has 6 fully saturated rings. The van der Waals surface area contributed by atoms with E-state index in [0.29, 0.717) is 17.2 Å². The van der Waals surface area contributed by atoms with Crippen molar-refractivity contribution in [3.8, 4) is 12.1 Å². The van der Waals surface area contributed by atoms with Crippen LogP contribution in [0.25, 0.3) is 6.15 Å². The molecule has 4 N–H and O–H groups in total. The zero-order valence-corrected chi connectivity index (χ0v) is 82.7. The Balaban J connectivity index is 0.000000274. The number of nitrogens with zero attached hydrogens (tertiary/aromatic N) is 8. The van der Waals surface area contributed by atoms with Gasteiger partial charge >= 0.3 is 65.1 Å². The van der Waals surface area contributed by atoms with Gasteiger partial charge in [0.1, 0.15) is 21.7 Å². The molecule has 0 bridgehead atoms. The van der Waals surface area contributed by atoms with Crippen LogP contribution < -0.4 is 59.1 Å². The van der Waals surface area contributed by atoms with Crippen LogP contribution in [0.15, 0.2) is 303 Å². The van der Waals surface area contributed by atoms with Gasteiger partial charge < -0.3 is 46.0 Å². The van der Waals surface area contributed by atoms with Crippen LogP contribution >= 0.6 is 44.6 Å². The normalized spacial score (nSPS) is 18.6. The van der Waals surface area contributed by atoms with Gasteiger partial charge in [0.15, 0.2) is 0 Å². The van der Waals surface area contributed by atoms with Crippen molar-refractivity contribution in [2.45, 2.75) is 107 Å². The molecule has 23 heteroatoms. The first kappa shape index (κ1) is 111. The Morgan fingerprint density at radius 1 is 0.461 bits per heavy atom. The van der Waals surface area contributed by atoms with E-state index in [0.717, 1.165) is 193 Å². The molecule has 2 amide bonds. The summed E-state index contributed by atoms with van der Waals surface area (Å²) in [5.74, 6) is 0.964. The topological polar surface area (TPSA) is 228 Å². The molecule has 0 aliphatic carbocycles. The third-order valence-electron chi connectivity index (χ3n) is 25.5. The van der Waals surface area contributed by atoms with E-state index < -0.39 is 36.9 Å². The Morgan fingerprint density at radius 2 is 0.766 bits per heavy atom. The van der Waals surface area contributed by atoms with Crippen molar-refractivity contribution in [2.24, 2.45) is 23.7 Å². The Bertz CT molecular complexity index is 4700. The second-order valence-electron chi connectivity index (χ2n) is 32.0. The minimum atomic E-state index is -1.67. The molecule has 0 radical (unpaired) electrons. The number of hydrogen-bond acceptors (Lipinski definition) is 12. The molecule has 0 spiro atoms. The molecule has 10 aromatic carbocycles. The van der Waals surface area contributed by atoms with Crippen LogP contribution in [0, 0.1) is 46.3 Å². The third kappa shape index (κ3) is 27.4. The number of morpholine rings is 1. The Kier molecular flexibility index (Phi) is 49.6. The Morgan fingerprint density at radius 3 is 1.05 bits per heavy atom. The molecule has 0 saturated carbocycles. The molecule has 16 rings (SSSR count). The maximum atomic E-state index is 13.8. The van der Waals surface area contributed by atoms with Gasteiger partial charge in [0.25, 0.3) is 0 Å². The zero-order chi connectivity index (χ0) is 87.5. The number of halogens is 4. The number of rotatable bonds is 23. The number of hydrogen-bond donors (Lipinski definition) is 1. The Labute approximate surface area is 828 Å². The van der Waals surface area contributed by atoms with E-state index in [9.17, 15) is 30.0 Å². The van der Waals surface area contributed by atoms with Crippen LogP contribution in [0.5, 0.6) is 0 Å². The van der Waals surface area contributed by atoms with Crippen LogP contribution in [0.4, 0.5) is 0 Å². The van der Waals surface area contributed by atoms with E-state index in [1.165, 1.54) is 13.0 Å². The molecular formula is C105H127Cl4N9Na2O7S. The van der Waals surface area contributed by atoms with Crippen LogP contribution in [-0.2, 0) is 50.0 Å². The third-order valence-corrected chi connectivity index (χ3v) is 26.1. The fourth-order valence-electron chi connectivity index (χ4n) is 19.2. The number of likely N-dealkylation sites (N-methyl/N-ethyl adjacent to an activating group) is 2. The van der Waals surface area contributed by atoms with E-state index in [-0.39, 0.29) is 114 Å². The van der Waals surface area contributed by atoms with Gasteiger partial charge in [-0.15, -0.1) is 23.2 Å². The molecule has 6 aliphatic heterocycles. The number of alkyl halides is 2. The molecule has 6 aliphatic rings.